The van der Waals surface area contributed by atoms with Crippen LogP contribution in [0.3, 0.4) is 0 Å². The minimum Gasteiger partial charge on any atom is -0.497 e. The summed E-state index contributed by atoms with van der Waals surface area (Å²) in [4.78, 5) is 13.0. The van der Waals surface area contributed by atoms with Crippen LogP contribution >= 0.6 is 0 Å². The predicted octanol–water partition coefficient (Wildman–Crippen LogP) is 4.79. The Bertz CT molecular complexity index is 1440. The van der Waals surface area contributed by atoms with Gasteiger partial charge in [0.2, 0.25) is 5.75 Å². The SMILES string of the molecule is COc1ccc(Cn2cc(C(=O)Nc3cc(/C=C\c4cc(OC)c(OC)c(OC)c4)ccc3OC)nn2)cc1. The number of benzene rings is 3. The number of hydrogen-bond donors (Lipinski definition) is 1. The summed E-state index contributed by atoms with van der Waals surface area (Å²) in [7, 11) is 7.86. The number of ether oxygens (including phenoxy) is 5. The van der Waals surface area contributed by atoms with Gasteiger partial charge in [0.25, 0.3) is 5.91 Å². The zero-order valence-corrected chi connectivity index (χ0v) is 22.4. The molecule has 0 fully saturated rings. The average Bonchev–Trinajstić information content (AvgIpc) is 3.44. The summed E-state index contributed by atoms with van der Waals surface area (Å²) in [5, 5.41) is 11.0. The summed E-state index contributed by atoms with van der Waals surface area (Å²) in [5.74, 6) is 2.51. The Kier molecular flexibility index (Phi) is 8.67. The van der Waals surface area contributed by atoms with Crippen LogP contribution in [0.4, 0.5) is 5.69 Å². The van der Waals surface area contributed by atoms with Gasteiger partial charge in [-0.1, -0.05) is 35.6 Å². The highest BCUT2D eigenvalue weighted by atomic mass is 16.5. The van der Waals surface area contributed by atoms with Gasteiger partial charge in [-0.25, -0.2) is 4.68 Å². The lowest BCUT2D eigenvalue weighted by Gasteiger charge is -2.13. The van der Waals surface area contributed by atoms with Crippen molar-refractivity contribution in [2.75, 3.05) is 40.9 Å². The minimum atomic E-state index is -0.403. The van der Waals surface area contributed by atoms with Crippen molar-refractivity contribution in [2.24, 2.45) is 0 Å². The Balaban J connectivity index is 1.50. The first kappa shape index (κ1) is 27.1. The number of hydrogen-bond acceptors (Lipinski definition) is 8. The van der Waals surface area contributed by atoms with E-state index in [1.54, 1.807) is 52.5 Å². The van der Waals surface area contributed by atoms with Crippen molar-refractivity contribution in [3.8, 4) is 28.7 Å². The standard InChI is InChI=1S/C29H30N4O6/c1-35-22-11-8-20(9-12-22)17-33-18-24(31-32-33)29(34)30-23-14-19(10-13-25(23)36-2)6-7-21-15-26(37-3)28(39-5)27(16-21)38-4/h6-16,18H,17H2,1-5H3,(H,30,34)/b7-6-. The molecule has 10 heteroatoms. The topological polar surface area (TPSA) is 106 Å². The van der Waals surface area contributed by atoms with Crippen LogP contribution < -0.4 is 29.0 Å². The van der Waals surface area contributed by atoms with Crippen LogP contribution in [0.2, 0.25) is 0 Å². The molecule has 1 heterocycles. The molecule has 0 radical (unpaired) electrons. The molecule has 0 aliphatic rings. The van der Waals surface area contributed by atoms with Gasteiger partial charge in [0.15, 0.2) is 17.2 Å². The molecule has 1 amide bonds. The number of methoxy groups -OCH3 is 5. The molecule has 0 atom stereocenters. The Labute approximate surface area is 226 Å². The summed E-state index contributed by atoms with van der Waals surface area (Å²) in [6.07, 6.45) is 5.41. The first-order valence-electron chi connectivity index (χ1n) is 12.0. The largest absolute Gasteiger partial charge is 0.497 e. The molecule has 0 bridgehead atoms. The highest BCUT2D eigenvalue weighted by molar-refractivity contribution is 6.03. The molecule has 4 rings (SSSR count). The van der Waals surface area contributed by atoms with Gasteiger partial charge in [0.1, 0.15) is 11.5 Å². The third kappa shape index (κ3) is 6.48. The molecule has 0 aliphatic heterocycles. The molecule has 0 saturated heterocycles. The normalized spacial score (nSPS) is 10.8. The van der Waals surface area contributed by atoms with Gasteiger partial charge in [0, 0.05) is 0 Å². The van der Waals surface area contributed by atoms with E-state index in [-0.39, 0.29) is 5.69 Å². The lowest BCUT2D eigenvalue weighted by Crippen LogP contribution is -2.13. The number of carbonyl (C=O) groups is 1. The smallest absolute Gasteiger partial charge is 0.277 e. The fourth-order valence-electron chi connectivity index (χ4n) is 3.90. The molecular weight excluding hydrogens is 500 g/mol. The Morgan fingerprint density at radius 1 is 0.795 bits per heavy atom. The van der Waals surface area contributed by atoms with Gasteiger partial charge >= 0.3 is 0 Å². The molecule has 0 aliphatic carbocycles. The molecule has 4 aromatic rings. The van der Waals surface area contributed by atoms with E-state index in [2.05, 4.69) is 15.6 Å². The number of nitrogens with one attached hydrogen (secondary N) is 1. The van der Waals surface area contributed by atoms with Crippen molar-refractivity contribution < 1.29 is 28.5 Å². The van der Waals surface area contributed by atoms with E-state index in [1.165, 1.54) is 0 Å². The zero-order valence-electron chi connectivity index (χ0n) is 22.4. The second-order valence-corrected chi connectivity index (χ2v) is 8.36. The maximum atomic E-state index is 13.0. The Hall–Kier alpha value is -4.99. The summed E-state index contributed by atoms with van der Waals surface area (Å²) >= 11 is 0. The van der Waals surface area contributed by atoms with Crippen LogP contribution in [-0.2, 0) is 6.54 Å². The van der Waals surface area contributed by atoms with Crippen LogP contribution in [0.25, 0.3) is 12.2 Å². The number of anilines is 1. The van der Waals surface area contributed by atoms with Crippen LogP contribution in [0, 0.1) is 0 Å². The van der Waals surface area contributed by atoms with Gasteiger partial charge in [-0.3, -0.25) is 4.79 Å². The van der Waals surface area contributed by atoms with Crippen molar-refractivity contribution in [3.05, 3.63) is 83.2 Å². The quantitative estimate of drug-likeness (QED) is 0.276. The van der Waals surface area contributed by atoms with Crippen LogP contribution in [-0.4, -0.2) is 56.5 Å². The molecule has 0 unspecified atom stereocenters. The third-order valence-electron chi connectivity index (χ3n) is 5.90. The monoisotopic (exact) mass is 530 g/mol. The van der Waals surface area contributed by atoms with Crippen LogP contribution in [0.5, 0.6) is 28.7 Å². The number of aromatic nitrogens is 3. The molecule has 202 valence electrons. The molecular formula is C29H30N4O6. The van der Waals surface area contributed by atoms with Gasteiger partial charge in [-0.05, 0) is 53.1 Å². The van der Waals surface area contributed by atoms with Gasteiger partial charge in [0.05, 0.1) is 54.0 Å². The van der Waals surface area contributed by atoms with Gasteiger partial charge in [-0.2, -0.15) is 0 Å². The average molecular weight is 531 g/mol. The third-order valence-corrected chi connectivity index (χ3v) is 5.90. The van der Waals surface area contributed by atoms with Crippen molar-refractivity contribution >= 4 is 23.7 Å². The Morgan fingerprint density at radius 3 is 2.08 bits per heavy atom. The predicted molar refractivity (Wildman–Crippen MR) is 148 cm³/mol. The summed E-state index contributed by atoms with van der Waals surface area (Å²) in [6.45, 7) is 0.467. The maximum Gasteiger partial charge on any atom is 0.277 e. The van der Waals surface area contributed by atoms with E-state index in [1.807, 2.05) is 60.7 Å². The molecule has 3 aromatic carbocycles. The van der Waals surface area contributed by atoms with Crippen LogP contribution in [0.15, 0.2) is 60.8 Å². The van der Waals surface area contributed by atoms with E-state index in [9.17, 15) is 4.79 Å². The zero-order chi connectivity index (χ0) is 27.8. The van der Waals surface area contributed by atoms with Crippen molar-refractivity contribution in [2.45, 2.75) is 6.54 Å². The molecule has 39 heavy (non-hydrogen) atoms. The second kappa shape index (κ2) is 12.5. The number of amides is 1. The van der Waals surface area contributed by atoms with Gasteiger partial charge < -0.3 is 29.0 Å². The second-order valence-electron chi connectivity index (χ2n) is 8.36. The fraction of sp³-hybridized carbons (Fsp3) is 0.207. The maximum absolute atomic E-state index is 13.0. The van der Waals surface area contributed by atoms with E-state index in [0.29, 0.717) is 35.2 Å². The van der Waals surface area contributed by atoms with Crippen molar-refractivity contribution in [1.82, 2.24) is 15.0 Å². The Morgan fingerprint density at radius 2 is 1.46 bits per heavy atom. The number of rotatable bonds is 11. The first-order chi connectivity index (χ1) is 19.0. The summed E-state index contributed by atoms with van der Waals surface area (Å²) in [5.41, 5.74) is 3.37. The molecule has 10 nitrogen and oxygen atoms in total. The highest BCUT2D eigenvalue weighted by Crippen LogP contribution is 2.38. The first-order valence-corrected chi connectivity index (χ1v) is 12.0. The fourth-order valence-corrected chi connectivity index (χ4v) is 3.90. The van der Waals surface area contributed by atoms with E-state index < -0.39 is 5.91 Å². The van der Waals surface area contributed by atoms with E-state index in [4.69, 9.17) is 23.7 Å². The minimum absolute atomic E-state index is 0.184. The number of nitrogens with zero attached hydrogens (tertiary/aromatic N) is 3. The van der Waals surface area contributed by atoms with Crippen molar-refractivity contribution in [1.29, 1.82) is 0 Å². The number of carbonyl (C=O) groups excluding carboxylic acids is 1. The van der Waals surface area contributed by atoms with E-state index >= 15 is 0 Å². The summed E-state index contributed by atoms with van der Waals surface area (Å²) < 4.78 is 28.5. The van der Waals surface area contributed by atoms with Gasteiger partial charge in [-0.15, -0.1) is 5.10 Å². The van der Waals surface area contributed by atoms with Crippen LogP contribution in [0.1, 0.15) is 27.2 Å². The lowest BCUT2D eigenvalue weighted by atomic mass is 10.1. The van der Waals surface area contributed by atoms with E-state index in [0.717, 1.165) is 22.4 Å². The highest BCUT2D eigenvalue weighted by Gasteiger charge is 2.15. The molecule has 1 N–H and O–H groups in total. The molecule has 0 saturated carbocycles. The lowest BCUT2D eigenvalue weighted by molar-refractivity contribution is 0.102. The van der Waals surface area contributed by atoms with Crippen molar-refractivity contribution in [3.63, 3.8) is 0 Å². The molecule has 1 aromatic heterocycles. The summed E-state index contributed by atoms with van der Waals surface area (Å²) in [6, 6.07) is 16.8. The molecule has 0 spiro atoms.